The number of hydrogen-bond acceptors (Lipinski definition) is 2. The molecule has 82 valence electrons. The maximum Gasteiger partial charge on any atom is 0.118 e. The van der Waals surface area contributed by atoms with Crippen LogP contribution in [0.15, 0.2) is 24.3 Å². The number of methoxy groups -OCH3 is 1. The van der Waals surface area contributed by atoms with Gasteiger partial charge in [-0.2, -0.15) is 0 Å². The van der Waals surface area contributed by atoms with Crippen LogP contribution in [0.1, 0.15) is 24.8 Å². The van der Waals surface area contributed by atoms with E-state index < -0.39 is 0 Å². The average molecular weight is 205 g/mol. The van der Waals surface area contributed by atoms with Gasteiger partial charge in [0.15, 0.2) is 0 Å². The van der Waals surface area contributed by atoms with Crippen molar-refractivity contribution in [3.05, 3.63) is 29.8 Å². The number of nitrogens with one attached hydrogen (secondary N) is 1. The zero-order chi connectivity index (χ0) is 10.5. The molecule has 15 heavy (non-hydrogen) atoms. The van der Waals surface area contributed by atoms with E-state index in [2.05, 4.69) is 17.4 Å². The van der Waals surface area contributed by atoms with Gasteiger partial charge < -0.3 is 10.1 Å². The molecule has 2 rings (SSSR count). The minimum Gasteiger partial charge on any atom is -0.497 e. The van der Waals surface area contributed by atoms with Crippen molar-refractivity contribution in [3.8, 4) is 5.75 Å². The molecule has 1 heterocycles. The molecule has 2 nitrogen and oxygen atoms in total. The van der Waals surface area contributed by atoms with Crippen LogP contribution in [0, 0.1) is 0 Å². The molecular weight excluding hydrogens is 186 g/mol. The summed E-state index contributed by atoms with van der Waals surface area (Å²) in [5, 5.41) is 3.56. The lowest BCUT2D eigenvalue weighted by Crippen LogP contribution is -2.35. The van der Waals surface area contributed by atoms with E-state index in [1.807, 2.05) is 12.1 Å². The Morgan fingerprint density at radius 2 is 2.07 bits per heavy atom. The number of rotatable bonds is 3. The van der Waals surface area contributed by atoms with Crippen LogP contribution in [0.2, 0.25) is 0 Å². The summed E-state index contributed by atoms with van der Waals surface area (Å²) >= 11 is 0. The van der Waals surface area contributed by atoms with Gasteiger partial charge in [-0.1, -0.05) is 18.6 Å². The summed E-state index contributed by atoms with van der Waals surface area (Å²) in [6, 6.07) is 9.08. The first-order valence-electron chi connectivity index (χ1n) is 5.75. The molecule has 1 saturated heterocycles. The SMILES string of the molecule is COc1ccc(CC2CCCCN2)cc1. The van der Waals surface area contributed by atoms with E-state index in [9.17, 15) is 0 Å². The molecule has 1 aliphatic rings. The third kappa shape index (κ3) is 2.96. The second-order valence-corrected chi connectivity index (χ2v) is 4.20. The van der Waals surface area contributed by atoms with Gasteiger partial charge in [-0.25, -0.2) is 0 Å². The van der Waals surface area contributed by atoms with Crippen LogP contribution in [0.25, 0.3) is 0 Å². The van der Waals surface area contributed by atoms with Crippen molar-refractivity contribution in [1.82, 2.24) is 5.32 Å². The van der Waals surface area contributed by atoms with Crippen molar-refractivity contribution < 1.29 is 4.74 Å². The number of benzene rings is 1. The number of piperidine rings is 1. The van der Waals surface area contributed by atoms with Gasteiger partial charge in [0.1, 0.15) is 5.75 Å². The summed E-state index contributed by atoms with van der Waals surface area (Å²) in [7, 11) is 1.71. The Labute approximate surface area is 91.6 Å². The predicted molar refractivity (Wildman–Crippen MR) is 62.3 cm³/mol. The zero-order valence-electron chi connectivity index (χ0n) is 9.33. The standard InChI is InChI=1S/C13H19NO/c1-15-13-7-5-11(6-8-13)10-12-4-2-3-9-14-12/h5-8,12,14H,2-4,9-10H2,1H3. The fraction of sp³-hybridized carbons (Fsp3) is 0.538. The third-order valence-corrected chi connectivity index (χ3v) is 3.05. The van der Waals surface area contributed by atoms with Crippen molar-refractivity contribution in [2.75, 3.05) is 13.7 Å². The van der Waals surface area contributed by atoms with Crippen LogP contribution in [0.3, 0.4) is 0 Å². The van der Waals surface area contributed by atoms with Crippen molar-refractivity contribution >= 4 is 0 Å². The van der Waals surface area contributed by atoms with Gasteiger partial charge in [0.25, 0.3) is 0 Å². The van der Waals surface area contributed by atoms with E-state index in [1.165, 1.54) is 31.4 Å². The molecule has 0 bridgehead atoms. The molecule has 0 aromatic heterocycles. The Morgan fingerprint density at radius 3 is 2.67 bits per heavy atom. The highest BCUT2D eigenvalue weighted by atomic mass is 16.5. The minimum absolute atomic E-state index is 0.673. The lowest BCUT2D eigenvalue weighted by atomic mass is 9.98. The van der Waals surface area contributed by atoms with Crippen molar-refractivity contribution in [2.24, 2.45) is 0 Å². The maximum absolute atomic E-state index is 5.14. The highest BCUT2D eigenvalue weighted by Crippen LogP contribution is 2.16. The van der Waals surface area contributed by atoms with Gasteiger partial charge in [0.2, 0.25) is 0 Å². The van der Waals surface area contributed by atoms with Gasteiger partial charge in [-0.05, 0) is 43.5 Å². The van der Waals surface area contributed by atoms with E-state index in [0.29, 0.717) is 6.04 Å². The molecular formula is C13H19NO. The molecule has 1 aromatic rings. The van der Waals surface area contributed by atoms with Crippen LogP contribution in [0.4, 0.5) is 0 Å². The number of hydrogen-bond donors (Lipinski definition) is 1. The molecule has 1 atom stereocenters. The van der Waals surface area contributed by atoms with E-state index in [0.717, 1.165) is 12.2 Å². The lowest BCUT2D eigenvalue weighted by Gasteiger charge is -2.23. The van der Waals surface area contributed by atoms with E-state index >= 15 is 0 Å². The molecule has 1 unspecified atom stereocenters. The summed E-state index contributed by atoms with van der Waals surface area (Å²) in [5.41, 5.74) is 1.40. The fourth-order valence-electron chi connectivity index (χ4n) is 2.14. The van der Waals surface area contributed by atoms with Gasteiger partial charge in [-0.15, -0.1) is 0 Å². The first-order chi connectivity index (χ1) is 7.38. The summed E-state index contributed by atoms with van der Waals surface area (Å²) in [5.74, 6) is 0.940. The lowest BCUT2D eigenvalue weighted by molar-refractivity contribution is 0.398. The molecule has 0 amide bonds. The molecule has 0 radical (unpaired) electrons. The Balaban J connectivity index is 1.91. The van der Waals surface area contributed by atoms with Crippen LogP contribution in [-0.4, -0.2) is 19.7 Å². The van der Waals surface area contributed by atoms with Gasteiger partial charge in [0.05, 0.1) is 7.11 Å². The monoisotopic (exact) mass is 205 g/mol. The van der Waals surface area contributed by atoms with Gasteiger partial charge in [-0.3, -0.25) is 0 Å². The Morgan fingerprint density at radius 1 is 1.27 bits per heavy atom. The summed E-state index contributed by atoms with van der Waals surface area (Å²) in [4.78, 5) is 0. The van der Waals surface area contributed by atoms with Crippen LogP contribution in [-0.2, 0) is 6.42 Å². The topological polar surface area (TPSA) is 21.3 Å². The molecule has 1 aromatic carbocycles. The molecule has 0 aliphatic carbocycles. The van der Waals surface area contributed by atoms with E-state index in [-0.39, 0.29) is 0 Å². The molecule has 1 fully saturated rings. The van der Waals surface area contributed by atoms with Crippen molar-refractivity contribution in [3.63, 3.8) is 0 Å². The van der Waals surface area contributed by atoms with Crippen LogP contribution >= 0.6 is 0 Å². The third-order valence-electron chi connectivity index (χ3n) is 3.05. The smallest absolute Gasteiger partial charge is 0.118 e. The van der Waals surface area contributed by atoms with Gasteiger partial charge >= 0.3 is 0 Å². The average Bonchev–Trinajstić information content (AvgIpc) is 2.31. The first kappa shape index (κ1) is 10.5. The zero-order valence-corrected chi connectivity index (χ0v) is 9.33. The van der Waals surface area contributed by atoms with E-state index in [4.69, 9.17) is 4.74 Å². The Kier molecular flexibility index (Phi) is 3.62. The summed E-state index contributed by atoms with van der Waals surface area (Å²) in [6.07, 6.45) is 5.16. The molecule has 2 heteroatoms. The Hall–Kier alpha value is -1.02. The summed E-state index contributed by atoms with van der Waals surface area (Å²) in [6.45, 7) is 1.18. The van der Waals surface area contributed by atoms with Gasteiger partial charge in [0, 0.05) is 6.04 Å². The first-order valence-corrected chi connectivity index (χ1v) is 5.75. The molecule has 0 spiro atoms. The normalized spacial score (nSPS) is 21.3. The van der Waals surface area contributed by atoms with Crippen LogP contribution < -0.4 is 10.1 Å². The largest absolute Gasteiger partial charge is 0.497 e. The molecule has 0 saturated carbocycles. The second-order valence-electron chi connectivity index (χ2n) is 4.20. The van der Waals surface area contributed by atoms with E-state index in [1.54, 1.807) is 7.11 Å². The quantitative estimate of drug-likeness (QED) is 0.818. The highest BCUT2D eigenvalue weighted by molar-refractivity contribution is 5.27. The maximum atomic E-state index is 5.14. The highest BCUT2D eigenvalue weighted by Gasteiger charge is 2.12. The fourth-order valence-corrected chi connectivity index (χ4v) is 2.14. The molecule has 1 N–H and O–H groups in total. The minimum atomic E-state index is 0.673. The second kappa shape index (κ2) is 5.17. The predicted octanol–water partition coefficient (Wildman–Crippen LogP) is 2.38. The van der Waals surface area contributed by atoms with Crippen molar-refractivity contribution in [2.45, 2.75) is 31.7 Å². The van der Waals surface area contributed by atoms with Crippen LogP contribution in [0.5, 0.6) is 5.75 Å². The Bertz CT molecular complexity index is 288. The van der Waals surface area contributed by atoms with Crippen molar-refractivity contribution in [1.29, 1.82) is 0 Å². The number of ether oxygens (including phenoxy) is 1. The molecule has 1 aliphatic heterocycles. The summed E-state index contributed by atoms with van der Waals surface area (Å²) < 4.78 is 5.14.